The lowest BCUT2D eigenvalue weighted by Gasteiger charge is -2.19. The fraction of sp³-hybridized carbons (Fsp3) is 0.333. The van der Waals surface area contributed by atoms with Gasteiger partial charge in [0, 0.05) is 12.0 Å². The first-order chi connectivity index (χ1) is 7.83. The second-order valence-electron chi connectivity index (χ2n) is 3.67. The molecule has 2 N–H and O–H groups in total. The fourth-order valence-corrected chi connectivity index (χ4v) is 2.67. The largest absolute Gasteiger partial charge is 0.294 e. The van der Waals surface area contributed by atoms with Gasteiger partial charge in [0.15, 0.2) is 0 Å². The molecule has 0 aliphatic heterocycles. The van der Waals surface area contributed by atoms with Gasteiger partial charge in [0.2, 0.25) is 11.3 Å². The Morgan fingerprint density at radius 2 is 2.18 bits per heavy atom. The molecule has 2 unspecified atom stereocenters. The molecule has 3 nitrogen and oxygen atoms in total. The van der Waals surface area contributed by atoms with Gasteiger partial charge in [0.05, 0.1) is 5.02 Å². The number of fused-ring (bicyclic) bond motifs is 1. The summed E-state index contributed by atoms with van der Waals surface area (Å²) < 4.78 is 61.3. The molecule has 0 saturated carbocycles. The Morgan fingerprint density at radius 1 is 1.53 bits per heavy atom. The summed E-state index contributed by atoms with van der Waals surface area (Å²) in [5.41, 5.74) is 0.0171. The molecule has 1 aromatic carbocycles. The van der Waals surface area contributed by atoms with Gasteiger partial charge in [-0.1, -0.05) is 17.7 Å². The molecule has 17 heavy (non-hydrogen) atoms. The van der Waals surface area contributed by atoms with E-state index in [1.165, 1.54) is 6.07 Å². The number of halogens is 4. The molecule has 8 heteroatoms. The van der Waals surface area contributed by atoms with E-state index >= 15 is 0 Å². The van der Waals surface area contributed by atoms with Crippen molar-refractivity contribution in [1.82, 2.24) is 4.72 Å². The van der Waals surface area contributed by atoms with Gasteiger partial charge in [0.25, 0.3) is 5.92 Å². The maximum atomic E-state index is 13.6. The maximum Gasteiger partial charge on any atom is 0.272 e. The third-order valence-electron chi connectivity index (χ3n) is 2.58. The van der Waals surface area contributed by atoms with Gasteiger partial charge < -0.3 is 0 Å². The van der Waals surface area contributed by atoms with Crippen LogP contribution >= 0.6 is 11.6 Å². The topological polar surface area (TPSA) is 49.3 Å². The minimum atomic E-state index is -3.28. The van der Waals surface area contributed by atoms with Crippen LogP contribution in [0.3, 0.4) is 0 Å². The zero-order chi connectivity index (χ0) is 12.8. The zero-order valence-corrected chi connectivity index (χ0v) is 9.79. The van der Waals surface area contributed by atoms with Crippen LogP contribution in [0.15, 0.2) is 12.1 Å². The lowest BCUT2D eigenvalue weighted by atomic mass is 10.1. The molecule has 0 fully saturated rings. The number of benzene rings is 1. The van der Waals surface area contributed by atoms with Crippen LogP contribution in [0.4, 0.5) is 13.2 Å². The molecule has 0 amide bonds. The highest BCUT2D eigenvalue weighted by molar-refractivity contribution is 7.77. The number of rotatable bonds is 2. The SMILES string of the molecule is O=S(O)NC1c2c(ccc(F)c2Cl)CC1(F)F. The predicted molar refractivity (Wildman–Crippen MR) is 56.7 cm³/mol. The smallest absolute Gasteiger partial charge is 0.272 e. The first kappa shape index (κ1) is 12.8. The number of hydrogen-bond acceptors (Lipinski definition) is 1. The van der Waals surface area contributed by atoms with E-state index in [1.807, 2.05) is 0 Å². The van der Waals surface area contributed by atoms with Crippen LogP contribution in [0, 0.1) is 5.82 Å². The van der Waals surface area contributed by atoms with Gasteiger partial charge >= 0.3 is 0 Å². The van der Waals surface area contributed by atoms with Gasteiger partial charge in [-0.15, -0.1) is 0 Å². The average molecular weight is 286 g/mol. The summed E-state index contributed by atoms with van der Waals surface area (Å²) in [6.45, 7) is 0. The molecule has 94 valence electrons. The first-order valence-corrected chi connectivity index (χ1v) is 6.03. The minimum Gasteiger partial charge on any atom is -0.294 e. The highest BCUT2D eigenvalue weighted by Gasteiger charge is 2.49. The molecule has 1 aliphatic carbocycles. The fourth-order valence-electron chi connectivity index (χ4n) is 1.89. The van der Waals surface area contributed by atoms with Gasteiger partial charge in [-0.2, -0.15) is 0 Å². The molecule has 1 aromatic rings. The molecule has 0 aromatic heterocycles. The highest BCUT2D eigenvalue weighted by atomic mass is 35.5. The van der Waals surface area contributed by atoms with Crippen molar-refractivity contribution in [3.05, 3.63) is 34.1 Å². The Morgan fingerprint density at radius 3 is 2.76 bits per heavy atom. The van der Waals surface area contributed by atoms with Crippen LogP contribution in [0.2, 0.25) is 5.02 Å². The summed E-state index contributed by atoms with van der Waals surface area (Å²) in [5.74, 6) is -4.11. The van der Waals surface area contributed by atoms with Crippen LogP contribution < -0.4 is 4.72 Å². The van der Waals surface area contributed by atoms with Gasteiger partial charge in [-0.05, 0) is 11.6 Å². The van der Waals surface area contributed by atoms with Gasteiger partial charge in [-0.3, -0.25) is 4.55 Å². The van der Waals surface area contributed by atoms with Crippen molar-refractivity contribution in [3.8, 4) is 0 Å². The number of hydrogen-bond donors (Lipinski definition) is 2. The number of alkyl halides is 2. The molecular formula is C9H7ClF3NO2S. The molecule has 0 spiro atoms. The van der Waals surface area contributed by atoms with Gasteiger partial charge in [0.1, 0.15) is 11.9 Å². The summed E-state index contributed by atoms with van der Waals surface area (Å²) >= 11 is 2.98. The zero-order valence-electron chi connectivity index (χ0n) is 8.21. The molecule has 1 aliphatic rings. The third-order valence-corrected chi connectivity index (χ3v) is 3.40. The Labute approximate surface area is 102 Å². The molecule has 0 radical (unpaired) electrons. The monoisotopic (exact) mass is 285 g/mol. The second kappa shape index (κ2) is 4.24. The van der Waals surface area contributed by atoms with Crippen LogP contribution in [-0.4, -0.2) is 14.7 Å². The van der Waals surface area contributed by atoms with E-state index in [0.29, 0.717) is 0 Å². The van der Waals surface area contributed by atoms with E-state index in [1.54, 1.807) is 4.72 Å². The summed E-state index contributed by atoms with van der Waals surface area (Å²) in [6, 6.07) is 0.439. The maximum absolute atomic E-state index is 13.6. The Balaban J connectivity index is 2.53. The van der Waals surface area contributed by atoms with Crippen LogP contribution in [-0.2, 0) is 17.7 Å². The van der Waals surface area contributed by atoms with Crippen molar-refractivity contribution < 1.29 is 21.9 Å². The summed E-state index contributed by atoms with van der Waals surface area (Å²) in [7, 11) is 0. The Kier molecular flexibility index (Phi) is 3.19. The van der Waals surface area contributed by atoms with E-state index < -0.39 is 40.5 Å². The van der Waals surface area contributed by atoms with Crippen molar-refractivity contribution >= 4 is 22.9 Å². The van der Waals surface area contributed by atoms with E-state index in [9.17, 15) is 17.4 Å². The van der Waals surface area contributed by atoms with Crippen LogP contribution in [0.25, 0.3) is 0 Å². The molecule has 0 bridgehead atoms. The van der Waals surface area contributed by atoms with Crippen LogP contribution in [0.1, 0.15) is 17.2 Å². The summed E-state index contributed by atoms with van der Waals surface area (Å²) in [6.07, 6.45) is -0.642. The highest BCUT2D eigenvalue weighted by Crippen LogP contribution is 2.46. The quantitative estimate of drug-likeness (QED) is 0.820. The van der Waals surface area contributed by atoms with Crippen molar-refractivity contribution in [2.45, 2.75) is 18.4 Å². The van der Waals surface area contributed by atoms with E-state index in [4.69, 9.17) is 16.2 Å². The molecule has 2 atom stereocenters. The normalized spacial score (nSPS) is 23.5. The Bertz CT molecular complexity index is 497. The molecule has 0 heterocycles. The summed E-state index contributed by atoms with van der Waals surface area (Å²) in [4.78, 5) is 0. The predicted octanol–water partition coefficient (Wildman–Crippen LogP) is 2.44. The van der Waals surface area contributed by atoms with Gasteiger partial charge in [-0.25, -0.2) is 22.1 Å². The molecule has 2 rings (SSSR count). The van der Waals surface area contributed by atoms with E-state index in [-0.39, 0.29) is 11.1 Å². The third kappa shape index (κ3) is 2.20. The summed E-state index contributed by atoms with van der Waals surface area (Å²) in [5, 5.41) is -0.442. The number of nitrogens with one attached hydrogen (secondary N) is 1. The Hall–Kier alpha value is -0.630. The molecular weight excluding hydrogens is 279 g/mol. The first-order valence-electron chi connectivity index (χ1n) is 4.54. The van der Waals surface area contributed by atoms with Crippen molar-refractivity contribution in [2.24, 2.45) is 0 Å². The average Bonchev–Trinajstić information content (AvgIpc) is 2.45. The lowest BCUT2D eigenvalue weighted by molar-refractivity contribution is -0.0188. The second-order valence-corrected chi connectivity index (χ2v) is 4.78. The van der Waals surface area contributed by atoms with Crippen LogP contribution in [0.5, 0.6) is 0 Å². The molecule has 0 saturated heterocycles. The lowest BCUT2D eigenvalue weighted by Crippen LogP contribution is -2.35. The van der Waals surface area contributed by atoms with Crippen molar-refractivity contribution in [2.75, 3.05) is 0 Å². The van der Waals surface area contributed by atoms with E-state index in [2.05, 4.69) is 0 Å². The minimum absolute atomic E-state index is 0.154. The standard InChI is InChI=1S/C9H7ClF3NO2S/c10-7-5(11)2-1-4-3-9(12,13)8(6(4)7)14-17(15)16/h1-2,8,14H,3H2,(H,15,16). The van der Waals surface area contributed by atoms with E-state index in [0.717, 1.165) is 6.07 Å². The van der Waals surface area contributed by atoms with Crippen molar-refractivity contribution in [1.29, 1.82) is 0 Å². The van der Waals surface area contributed by atoms with Crippen molar-refractivity contribution in [3.63, 3.8) is 0 Å².